The first kappa shape index (κ1) is 16.6. The number of rotatable bonds is 5. The summed E-state index contributed by atoms with van der Waals surface area (Å²) >= 11 is 0. The van der Waals surface area contributed by atoms with Gasteiger partial charge in [0.25, 0.3) is 0 Å². The smallest absolute Gasteiger partial charge is 0.208 e. The van der Waals surface area contributed by atoms with Crippen molar-refractivity contribution in [3.8, 4) is 0 Å². The molecule has 4 heteroatoms. The van der Waals surface area contributed by atoms with Crippen LogP contribution in [0.3, 0.4) is 0 Å². The van der Waals surface area contributed by atoms with E-state index in [0.717, 1.165) is 23.9 Å². The molecule has 0 spiro atoms. The van der Waals surface area contributed by atoms with E-state index in [4.69, 9.17) is 0 Å². The monoisotopic (exact) mass is 361 g/mol. The number of para-hydroxylation sites is 1. The fourth-order valence-electron chi connectivity index (χ4n) is 3.23. The Balaban J connectivity index is 1.77. The van der Waals surface area contributed by atoms with Gasteiger partial charge in [0, 0.05) is 23.6 Å². The van der Waals surface area contributed by atoms with Gasteiger partial charge in [-0.3, -0.25) is 0 Å². The van der Waals surface area contributed by atoms with Gasteiger partial charge >= 0.3 is 0 Å². The van der Waals surface area contributed by atoms with Crippen LogP contribution in [-0.4, -0.2) is 13.0 Å². The third-order valence-corrected chi connectivity index (χ3v) is 6.38. The number of fused-ring (bicyclic) bond motifs is 1. The predicted octanol–water partition coefficient (Wildman–Crippen LogP) is 4.72. The van der Waals surface area contributed by atoms with E-state index >= 15 is 0 Å². The number of sulfone groups is 1. The number of aryl methyl sites for hydroxylation is 2. The van der Waals surface area contributed by atoms with Crippen molar-refractivity contribution >= 4 is 20.7 Å². The maximum atomic E-state index is 13.1. The third-order valence-electron chi connectivity index (χ3n) is 4.58. The van der Waals surface area contributed by atoms with Gasteiger partial charge in [0.05, 0.1) is 9.79 Å². The number of aromatic nitrogens is 1. The molecular formula is C22H19NO2S. The molecule has 4 rings (SSSR count). The first-order chi connectivity index (χ1) is 12.7. The summed E-state index contributed by atoms with van der Waals surface area (Å²) in [4.78, 5) is 0.693. The Morgan fingerprint density at radius 3 is 2.08 bits per heavy atom. The number of hydrogen-bond donors (Lipinski definition) is 0. The van der Waals surface area contributed by atoms with E-state index in [1.54, 1.807) is 30.5 Å². The minimum atomic E-state index is -3.55. The molecule has 130 valence electrons. The molecule has 0 aliphatic heterocycles. The summed E-state index contributed by atoms with van der Waals surface area (Å²) in [6.45, 7) is 0.731. The van der Waals surface area contributed by atoms with Gasteiger partial charge in [-0.1, -0.05) is 66.7 Å². The molecule has 0 aliphatic carbocycles. The molecule has 0 bridgehead atoms. The molecular weight excluding hydrogens is 342 g/mol. The minimum Gasteiger partial charge on any atom is -0.346 e. The molecule has 1 aromatic heterocycles. The first-order valence-electron chi connectivity index (χ1n) is 8.58. The molecule has 0 amide bonds. The van der Waals surface area contributed by atoms with Crippen LogP contribution in [0.5, 0.6) is 0 Å². The van der Waals surface area contributed by atoms with Gasteiger partial charge in [0.15, 0.2) is 0 Å². The highest BCUT2D eigenvalue weighted by atomic mass is 32.2. The van der Waals surface area contributed by atoms with Crippen molar-refractivity contribution in [2.45, 2.75) is 22.8 Å². The fourth-order valence-corrected chi connectivity index (χ4v) is 4.73. The van der Waals surface area contributed by atoms with E-state index in [1.165, 1.54) is 5.56 Å². The molecule has 0 unspecified atom stereocenters. The Kier molecular flexibility index (Phi) is 4.35. The molecule has 0 atom stereocenters. The van der Waals surface area contributed by atoms with E-state index in [9.17, 15) is 8.42 Å². The Morgan fingerprint density at radius 2 is 1.35 bits per heavy atom. The van der Waals surface area contributed by atoms with E-state index in [-0.39, 0.29) is 0 Å². The van der Waals surface area contributed by atoms with Gasteiger partial charge in [-0.05, 0) is 30.2 Å². The fraction of sp³-hybridized carbons (Fsp3) is 0.0909. The lowest BCUT2D eigenvalue weighted by Crippen LogP contribution is -2.02. The lowest BCUT2D eigenvalue weighted by atomic mass is 10.1. The van der Waals surface area contributed by atoms with Crippen LogP contribution in [0.2, 0.25) is 0 Å². The average Bonchev–Trinajstić information content (AvgIpc) is 3.07. The van der Waals surface area contributed by atoms with Crippen LogP contribution in [0, 0.1) is 0 Å². The predicted molar refractivity (Wildman–Crippen MR) is 104 cm³/mol. The minimum absolute atomic E-state index is 0.325. The molecule has 4 aromatic rings. The highest BCUT2D eigenvalue weighted by Crippen LogP contribution is 2.30. The van der Waals surface area contributed by atoms with Crippen LogP contribution in [0.1, 0.15) is 5.56 Å². The van der Waals surface area contributed by atoms with E-state index in [2.05, 4.69) is 12.1 Å². The van der Waals surface area contributed by atoms with Crippen LogP contribution < -0.4 is 0 Å². The lowest BCUT2D eigenvalue weighted by Gasteiger charge is -2.05. The Hall–Kier alpha value is -2.85. The van der Waals surface area contributed by atoms with Crippen LogP contribution >= 0.6 is 0 Å². The molecule has 3 aromatic carbocycles. The standard InChI is InChI=1S/C22H19NO2S/c24-26(25,19-11-5-2-6-12-19)22-17-23(21-14-8-7-13-20(21)22)16-15-18-9-3-1-4-10-18/h1-14,17H,15-16H2. The summed E-state index contributed by atoms with van der Waals surface area (Å²) in [6.07, 6.45) is 2.63. The molecule has 3 nitrogen and oxygen atoms in total. The Labute approximate surface area is 153 Å². The zero-order valence-corrected chi connectivity index (χ0v) is 15.1. The van der Waals surface area contributed by atoms with Crippen molar-refractivity contribution < 1.29 is 8.42 Å². The van der Waals surface area contributed by atoms with Crippen molar-refractivity contribution in [3.63, 3.8) is 0 Å². The first-order valence-corrected chi connectivity index (χ1v) is 10.1. The summed E-state index contributed by atoms with van der Waals surface area (Å²) in [5, 5.41) is 0.768. The zero-order chi connectivity index (χ0) is 18.0. The molecule has 0 fully saturated rings. The average molecular weight is 361 g/mol. The van der Waals surface area contributed by atoms with Crippen LogP contribution in [0.25, 0.3) is 10.9 Å². The van der Waals surface area contributed by atoms with Gasteiger partial charge in [-0.25, -0.2) is 8.42 Å². The number of nitrogens with zero attached hydrogens (tertiary/aromatic N) is 1. The lowest BCUT2D eigenvalue weighted by molar-refractivity contribution is 0.596. The van der Waals surface area contributed by atoms with Gasteiger partial charge in [-0.2, -0.15) is 0 Å². The summed E-state index contributed by atoms with van der Waals surface area (Å²) in [5.41, 5.74) is 2.18. The van der Waals surface area contributed by atoms with E-state index < -0.39 is 9.84 Å². The van der Waals surface area contributed by atoms with Gasteiger partial charge in [-0.15, -0.1) is 0 Å². The topological polar surface area (TPSA) is 39.1 Å². The SMILES string of the molecule is O=S(=O)(c1ccccc1)c1cn(CCc2ccccc2)c2ccccc12. The summed E-state index contributed by atoms with van der Waals surface area (Å²) in [5.74, 6) is 0. The van der Waals surface area contributed by atoms with E-state index in [0.29, 0.717) is 9.79 Å². The number of hydrogen-bond acceptors (Lipinski definition) is 2. The maximum Gasteiger partial charge on any atom is 0.208 e. The molecule has 0 N–H and O–H groups in total. The highest BCUT2D eigenvalue weighted by molar-refractivity contribution is 7.91. The third kappa shape index (κ3) is 3.04. The Morgan fingerprint density at radius 1 is 0.731 bits per heavy atom. The quantitative estimate of drug-likeness (QED) is 0.516. The Bertz CT molecular complexity index is 1130. The van der Waals surface area contributed by atoms with Gasteiger partial charge in [0.1, 0.15) is 0 Å². The normalized spacial score (nSPS) is 11.7. The molecule has 0 saturated heterocycles. The molecule has 26 heavy (non-hydrogen) atoms. The van der Waals surface area contributed by atoms with Crippen LogP contribution in [-0.2, 0) is 22.8 Å². The van der Waals surface area contributed by atoms with Crippen molar-refractivity contribution in [1.82, 2.24) is 4.57 Å². The van der Waals surface area contributed by atoms with Crippen molar-refractivity contribution in [1.29, 1.82) is 0 Å². The van der Waals surface area contributed by atoms with Crippen molar-refractivity contribution in [3.05, 3.63) is 96.7 Å². The largest absolute Gasteiger partial charge is 0.346 e. The van der Waals surface area contributed by atoms with Crippen LogP contribution in [0.15, 0.2) is 101 Å². The van der Waals surface area contributed by atoms with E-state index in [1.807, 2.05) is 53.1 Å². The number of benzene rings is 3. The molecule has 0 radical (unpaired) electrons. The second kappa shape index (κ2) is 6.81. The molecule has 0 saturated carbocycles. The van der Waals surface area contributed by atoms with Gasteiger partial charge in [0.2, 0.25) is 9.84 Å². The summed E-state index contributed by atoms with van der Waals surface area (Å²) in [6, 6.07) is 26.5. The summed E-state index contributed by atoms with van der Waals surface area (Å²) in [7, 11) is -3.55. The second-order valence-corrected chi connectivity index (χ2v) is 8.17. The van der Waals surface area contributed by atoms with Crippen molar-refractivity contribution in [2.24, 2.45) is 0 Å². The molecule has 0 aliphatic rings. The highest BCUT2D eigenvalue weighted by Gasteiger charge is 2.22. The van der Waals surface area contributed by atoms with Gasteiger partial charge < -0.3 is 4.57 Å². The van der Waals surface area contributed by atoms with Crippen LogP contribution in [0.4, 0.5) is 0 Å². The molecule has 1 heterocycles. The second-order valence-electron chi connectivity index (χ2n) is 6.26. The van der Waals surface area contributed by atoms with Crippen molar-refractivity contribution in [2.75, 3.05) is 0 Å². The zero-order valence-electron chi connectivity index (χ0n) is 14.2. The maximum absolute atomic E-state index is 13.1. The summed E-state index contributed by atoms with van der Waals surface area (Å²) < 4.78 is 28.3.